The number of halogens is 2. The predicted molar refractivity (Wildman–Crippen MR) is 93.6 cm³/mol. The van der Waals surface area contributed by atoms with Crippen molar-refractivity contribution in [3.8, 4) is 5.75 Å². The van der Waals surface area contributed by atoms with E-state index in [2.05, 4.69) is 10.1 Å². The number of carbonyl (C=O) groups excluding carboxylic acids is 3. The van der Waals surface area contributed by atoms with Gasteiger partial charge in [-0.15, -0.1) is 0 Å². The summed E-state index contributed by atoms with van der Waals surface area (Å²) in [4.78, 5) is 46.7. The zero-order valence-electron chi connectivity index (χ0n) is 15.6. The number of hydrogen-bond donors (Lipinski definition) is 3. The van der Waals surface area contributed by atoms with Crippen molar-refractivity contribution in [3.63, 3.8) is 0 Å². The zero-order chi connectivity index (χ0) is 21.6. The number of esters is 1. The molecule has 154 valence electrons. The molecule has 0 saturated heterocycles. The molecule has 10 heteroatoms. The number of carbonyl (C=O) groups is 4. The molecule has 1 amide bonds. The number of nitrogens with one attached hydrogen (secondary N) is 1. The molecule has 1 aromatic carbocycles. The number of Topliss-reactive ketones (excluding diaryl/α,β-unsaturated/α-hetero) is 1. The number of nitrogens with two attached hydrogens (primary N) is 1. The van der Waals surface area contributed by atoms with Crippen molar-refractivity contribution in [3.05, 3.63) is 29.3 Å². The number of benzene rings is 1. The van der Waals surface area contributed by atoms with Gasteiger partial charge in [-0.1, -0.05) is 13.8 Å². The van der Waals surface area contributed by atoms with Crippen LogP contribution in [0.3, 0.4) is 0 Å². The third-order valence-corrected chi connectivity index (χ3v) is 3.86. The van der Waals surface area contributed by atoms with Gasteiger partial charge in [0.05, 0.1) is 17.6 Å². The van der Waals surface area contributed by atoms with Gasteiger partial charge in [-0.3, -0.25) is 19.2 Å². The monoisotopic (exact) mass is 400 g/mol. The lowest BCUT2D eigenvalue weighted by molar-refractivity contribution is -0.137. The number of aliphatic carboxylic acids is 1. The number of ether oxygens (including phenoxy) is 1. The summed E-state index contributed by atoms with van der Waals surface area (Å²) in [6.07, 6.45) is -0.836. The molecular formula is C18H22F2N2O6. The van der Waals surface area contributed by atoms with Gasteiger partial charge in [0.1, 0.15) is 0 Å². The standard InChI is InChI=1S/C18H22F2N2O6/c1-8(2)15(21)18(27)22-12(6-7-13(24)25)16(26)10-4-5-11(19)17(14(10)20)28-9(3)23/h4-5,8,12,15H,6-7,21H2,1-3H3,(H,22,27)(H,24,25)/t12-,15-/m0/s1. The second-order valence-electron chi connectivity index (χ2n) is 6.46. The second kappa shape index (κ2) is 9.88. The van der Waals surface area contributed by atoms with E-state index in [0.717, 1.165) is 19.1 Å². The molecule has 0 spiro atoms. The van der Waals surface area contributed by atoms with E-state index in [1.807, 2.05) is 0 Å². The molecule has 0 aliphatic rings. The van der Waals surface area contributed by atoms with Crippen molar-refractivity contribution in [2.24, 2.45) is 11.7 Å². The van der Waals surface area contributed by atoms with Crippen LogP contribution in [0, 0.1) is 17.6 Å². The van der Waals surface area contributed by atoms with E-state index in [-0.39, 0.29) is 12.3 Å². The minimum Gasteiger partial charge on any atom is -0.481 e. The molecular weight excluding hydrogens is 378 g/mol. The molecule has 28 heavy (non-hydrogen) atoms. The van der Waals surface area contributed by atoms with Crippen LogP contribution >= 0.6 is 0 Å². The van der Waals surface area contributed by atoms with Crippen molar-refractivity contribution in [2.75, 3.05) is 0 Å². The summed E-state index contributed by atoms with van der Waals surface area (Å²) < 4.78 is 32.7. The van der Waals surface area contributed by atoms with Gasteiger partial charge in [0, 0.05) is 13.3 Å². The Morgan fingerprint density at radius 3 is 2.32 bits per heavy atom. The van der Waals surface area contributed by atoms with Gasteiger partial charge in [-0.2, -0.15) is 0 Å². The fraction of sp³-hybridized carbons (Fsp3) is 0.444. The van der Waals surface area contributed by atoms with Crippen LogP contribution in [-0.4, -0.2) is 40.8 Å². The average molecular weight is 400 g/mol. The first-order chi connectivity index (χ1) is 13.0. The first-order valence-electron chi connectivity index (χ1n) is 8.44. The van der Waals surface area contributed by atoms with Crippen molar-refractivity contribution < 1.29 is 37.8 Å². The van der Waals surface area contributed by atoms with Crippen molar-refractivity contribution >= 4 is 23.6 Å². The number of hydrogen-bond acceptors (Lipinski definition) is 6. The van der Waals surface area contributed by atoms with Crippen LogP contribution in [0.4, 0.5) is 8.78 Å². The Balaban J connectivity index is 3.23. The van der Waals surface area contributed by atoms with Gasteiger partial charge in [0.15, 0.2) is 17.4 Å². The number of amides is 1. The summed E-state index contributed by atoms with van der Waals surface area (Å²) in [7, 11) is 0. The molecule has 0 unspecified atom stereocenters. The molecule has 4 N–H and O–H groups in total. The SMILES string of the molecule is CC(=O)Oc1c(F)ccc(C(=O)[C@H](CCC(=O)O)NC(=O)[C@@H](N)C(C)C)c1F. The number of carboxylic acids is 1. The molecule has 0 aromatic heterocycles. The van der Waals surface area contributed by atoms with Gasteiger partial charge in [-0.25, -0.2) is 8.78 Å². The molecule has 1 aromatic rings. The Morgan fingerprint density at radius 1 is 1.21 bits per heavy atom. The fourth-order valence-electron chi connectivity index (χ4n) is 2.26. The van der Waals surface area contributed by atoms with Crippen LogP contribution in [0.5, 0.6) is 5.75 Å². The Hall–Kier alpha value is -2.88. The Bertz CT molecular complexity index is 782. The highest BCUT2D eigenvalue weighted by molar-refractivity contribution is 6.03. The van der Waals surface area contributed by atoms with E-state index >= 15 is 0 Å². The van der Waals surface area contributed by atoms with Crippen LogP contribution in [0.15, 0.2) is 12.1 Å². The molecule has 0 aliphatic carbocycles. The molecule has 8 nitrogen and oxygen atoms in total. The smallest absolute Gasteiger partial charge is 0.308 e. The van der Waals surface area contributed by atoms with Gasteiger partial charge in [0.2, 0.25) is 11.7 Å². The number of rotatable bonds is 9. The highest BCUT2D eigenvalue weighted by Crippen LogP contribution is 2.26. The lowest BCUT2D eigenvalue weighted by atomic mass is 9.97. The first-order valence-corrected chi connectivity index (χ1v) is 8.44. The highest BCUT2D eigenvalue weighted by atomic mass is 19.1. The van der Waals surface area contributed by atoms with Crippen molar-refractivity contribution in [2.45, 2.75) is 45.7 Å². The topological polar surface area (TPSA) is 136 Å². The first kappa shape index (κ1) is 23.2. The van der Waals surface area contributed by atoms with Crippen molar-refractivity contribution in [1.29, 1.82) is 0 Å². The van der Waals surface area contributed by atoms with E-state index in [4.69, 9.17) is 10.8 Å². The Morgan fingerprint density at radius 2 is 1.82 bits per heavy atom. The Labute approximate surface area is 160 Å². The van der Waals surface area contributed by atoms with Crippen LogP contribution in [0.25, 0.3) is 0 Å². The third-order valence-electron chi connectivity index (χ3n) is 3.86. The molecule has 0 aliphatic heterocycles. The molecule has 2 atom stereocenters. The summed E-state index contributed by atoms with van der Waals surface area (Å²) in [5, 5.41) is 11.2. The quantitative estimate of drug-likeness (QED) is 0.324. The van der Waals surface area contributed by atoms with E-state index in [0.29, 0.717) is 0 Å². The molecule has 0 bridgehead atoms. The van der Waals surface area contributed by atoms with Crippen molar-refractivity contribution in [1.82, 2.24) is 5.32 Å². The molecule has 0 fully saturated rings. The van der Waals surface area contributed by atoms with Crippen LogP contribution in [0.2, 0.25) is 0 Å². The summed E-state index contributed by atoms with van der Waals surface area (Å²) in [6.45, 7) is 4.27. The normalized spacial score (nSPS) is 13.0. The fourth-order valence-corrected chi connectivity index (χ4v) is 2.26. The minimum absolute atomic E-state index is 0.270. The maximum Gasteiger partial charge on any atom is 0.308 e. The van der Waals surface area contributed by atoms with E-state index in [1.165, 1.54) is 0 Å². The molecule has 0 saturated carbocycles. The van der Waals surface area contributed by atoms with Gasteiger partial charge >= 0.3 is 11.9 Å². The number of ketones is 1. The van der Waals surface area contributed by atoms with Gasteiger partial charge in [0.25, 0.3) is 0 Å². The lowest BCUT2D eigenvalue weighted by Crippen LogP contribution is -2.50. The van der Waals surface area contributed by atoms with E-state index in [9.17, 15) is 28.0 Å². The van der Waals surface area contributed by atoms with E-state index in [1.54, 1.807) is 13.8 Å². The lowest BCUT2D eigenvalue weighted by Gasteiger charge is -2.22. The Kier molecular flexibility index (Phi) is 8.17. The summed E-state index contributed by atoms with van der Waals surface area (Å²) in [5.74, 6) is -7.91. The van der Waals surface area contributed by atoms with E-state index < -0.39 is 65.1 Å². The molecule has 1 rings (SSSR count). The average Bonchev–Trinajstić information content (AvgIpc) is 2.60. The maximum atomic E-state index is 14.5. The van der Waals surface area contributed by atoms with Crippen LogP contribution < -0.4 is 15.8 Å². The molecule has 0 radical (unpaired) electrons. The number of carboxylic acid groups (broad SMARTS) is 1. The maximum absolute atomic E-state index is 14.5. The largest absolute Gasteiger partial charge is 0.481 e. The van der Waals surface area contributed by atoms with Gasteiger partial charge < -0.3 is 20.9 Å². The molecule has 0 heterocycles. The summed E-state index contributed by atoms with van der Waals surface area (Å²) >= 11 is 0. The summed E-state index contributed by atoms with van der Waals surface area (Å²) in [5.41, 5.74) is 5.05. The third kappa shape index (κ3) is 6.08. The zero-order valence-corrected chi connectivity index (χ0v) is 15.6. The summed E-state index contributed by atoms with van der Waals surface area (Å²) in [6, 6.07) is -0.847. The highest BCUT2D eigenvalue weighted by Gasteiger charge is 2.30. The van der Waals surface area contributed by atoms with Crippen LogP contribution in [0.1, 0.15) is 44.0 Å². The minimum atomic E-state index is -1.43. The van der Waals surface area contributed by atoms with Crippen LogP contribution in [-0.2, 0) is 14.4 Å². The second-order valence-corrected chi connectivity index (χ2v) is 6.46. The predicted octanol–water partition coefficient (Wildman–Crippen LogP) is 1.41. The van der Waals surface area contributed by atoms with Gasteiger partial charge in [-0.05, 0) is 24.5 Å².